The molecule has 0 aliphatic heterocycles. The van der Waals surface area contributed by atoms with Crippen molar-refractivity contribution in [2.75, 3.05) is 46.2 Å². The molecule has 0 unspecified atom stereocenters. The number of nitrogens with zero attached hydrogens (tertiary/aromatic N) is 1. The van der Waals surface area contributed by atoms with E-state index < -0.39 is 0 Å². The number of nitrogens with one attached hydrogen (secondary N) is 2. The number of hydrogen-bond acceptors (Lipinski definition) is 4. The highest BCUT2D eigenvalue weighted by molar-refractivity contribution is 5.92. The van der Waals surface area contributed by atoms with Gasteiger partial charge in [-0.1, -0.05) is 6.07 Å². The molecule has 0 radical (unpaired) electrons. The number of hydrogen-bond donors (Lipinski definition) is 2. The fourth-order valence-corrected chi connectivity index (χ4v) is 1.53. The van der Waals surface area contributed by atoms with Gasteiger partial charge in [0.1, 0.15) is 5.75 Å². The van der Waals surface area contributed by atoms with Gasteiger partial charge < -0.3 is 15.4 Å². The molecular weight excluding hydrogens is 230 g/mol. The van der Waals surface area contributed by atoms with Crippen LogP contribution < -0.4 is 15.4 Å². The largest absolute Gasteiger partial charge is 0.497 e. The topological polar surface area (TPSA) is 53.6 Å². The number of carbonyl (C=O) groups excluding carboxylic acids is 1. The minimum absolute atomic E-state index is 0.0261. The van der Waals surface area contributed by atoms with Crippen molar-refractivity contribution in [3.05, 3.63) is 24.3 Å². The third-order valence-corrected chi connectivity index (χ3v) is 2.51. The summed E-state index contributed by atoms with van der Waals surface area (Å²) in [5.74, 6) is 0.707. The zero-order valence-electron chi connectivity index (χ0n) is 11.2. The first kappa shape index (κ1) is 14.5. The summed E-state index contributed by atoms with van der Waals surface area (Å²) in [7, 11) is 5.42. The average Bonchev–Trinajstić information content (AvgIpc) is 2.36. The normalized spacial score (nSPS) is 10.4. The lowest BCUT2D eigenvalue weighted by Crippen LogP contribution is -2.34. The molecule has 5 nitrogen and oxygen atoms in total. The van der Waals surface area contributed by atoms with E-state index in [1.54, 1.807) is 13.2 Å². The summed E-state index contributed by atoms with van der Waals surface area (Å²) < 4.78 is 5.10. The van der Waals surface area contributed by atoms with Crippen LogP contribution in [0.2, 0.25) is 0 Å². The first-order chi connectivity index (χ1) is 8.65. The number of anilines is 1. The zero-order chi connectivity index (χ0) is 13.4. The molecular formula is C13H21N3O2. The van der Waals surface area contributed by atoms with Gasteiger partial charge in [-0.25, -0.2) is 0 Å². The summed E-state index contributed by atoms with van der Waals surface area (Å²) >= 11 is 0. The second-order valence-corrected chi connectivity index (χ2v) is 4.12. The summed E-state index contributed by atoms with van der Waals surface area (Å²) in [5.41, 5.74) is 0.751. The molecule has 0 saturated heterocycles. The molecule has 1 amide bonds. The minimum atomic E-state index is -0.0261. The summed E-state index contributed by atoms with van der Waals surface area (Å²) in [6.07, 6.45) is 0. The van der Waals surface area contributed by atoms with Crippen LogP contribution in [0.15, 0.2) is 24.3 Å². The molecule has 0 fully saturated rings. The van der Waals surface area contributed by atoms with Crippen molar-refractivity contribution in [3.63, 3.8) is 0 Å². The van der Waals surface area contributed by atoms with Crippen LogP contribution in [0.1, 0.15) is 0 Å². The molecule has 0 heterocycles. The Kier molecular flexibility index (Phi) is 6.18. The van der Waals surface area contributed by atoms with Crippen molar-refractivity contribution >= 4 is 11.6 Å². The van der Waals surface area contributed by atoms with E-state index in [4.69, 9.17) is 4.74 Å². The SMILES string of the molecule is CNCCN(C)CC(=O)Nc1cccc(OC)c1. The number of rotatable bonds is 7. The van der Waals surface area contributed by atoms with Gasteiger partial charge in [0.25, 0.3) is 0 Å². The van der Waals surface area contributed by atoms with E-state index in [0.717, 1.165) is 24.5 Å². The van der Waals surface area contributed by atoms with Crippen molar-refractivity contribution in [2.24, 2.45) is 0 Å². The molecule has 0 aliphatic carbocycles. The fourth-order valence-electron chi connectivity index (χ4n) is 1.53. The highest BCUT2D eigenvalue weighted by atomic mass is 16.5. The van der Waals surface area contributed by atoms with Crippen molar-refractivity contribution in [2.45, 2.75) is 0 Å². The average molecular weight is 251 g/mol. The smallest absolute Gasteiger partial charge is 0.238 e. The summed E-state index contributed by atoms with van der Waals surface area (Å²) in [6, 6.07) is 7.33. The van der Waals surface area contributed by atoms with Crippen molar-refractivity contribution < 1.29 is 9.53 Å². The molecule has 0 bridgehead atoms. The van der Waals surface area contributed by atoms with Gasteiger partial charge in [-0.05, 0) is 26.2 Å². The van der Waals surface area contributed by atoms with E-state index >= 15 is 0 Å². The van der Waals surface area contributed by atoms with E-state index in [1.807, 2.05) is 37.2 Å². The Labute approximate surface area is 108 Å². The van der Waals surface area contributed by atoms with Gasteiger partial charge in [0, 0.05) is 24.8 Å². The van der Waals surface area contributed by atoms with Gasteiger partial charge in [-0.2, -0.15) is 0 Å². The molecule has 1 aromatic rings. The lowest BCUT2D eigenvalue weighted by molar-refractivity contribution is -0.117. The molecule has 100 valence electrons. The Morgan fingerprint density at radius 3 is 2.89 bits per heavy atom. The molecule has 0 saturated carbocycles. The monoisotopic (exact) mass is 251 g/mol. The molecule has 18 heavy (non-hydrogen) atoms. The van der Waals surface area contributed by atoms with Crippen molar-refractivity contribution in [3.8, 4) is 5.75 Å². The quantitative estimate of drug-likeness (QED) is 0.752. The van der Waals surface area contributed by atoms with E-state index in [1.165, 1.54) is 0 Å². The Morgan fingerprint density at radius 1 is 1.44 bits per heavy atom. The lowest BCUT2D eigenvalue weighted by Gasteiger charge is -2.16. The van der Waals surface area contributed by atoms with Crippen LogP contribution in [0.25, 0.3) is 0 Å². The fraction of sp³-hybridized carbons (Fsp3) is 0.462. The highest BCUT2D eigenvalue weighted by Crippen LogP contribution is 2.16. The molecule has 2 N–H and O–H groups in total. The number of methoxy groups -OCH3 is 1. The lowest BCUT2D eigenvalue weighted by atomic mass is 10.3. The van der Waals surface area contributed by atoms with Crippen LogP contribution in [-0.4, -0.2) is 51.6 Å². The zero-order valence-corrected chi connectivity index (χ0v) is 11.2. The van der Waals surface area contributed by atoms with Crippen molar-refractivity contribution in [1.29, 1.82) is 0 Å². The molecule has 1 rings (SSSR count). The molecule has 1 aromatic carbocycles. The Hall–Kier alpha value is -1.59. The Balaban J connectivity index is 2.43. The molecule has 0 aromatic heterocycles. The van der Waals surface area contributed by atoms with Crippen LogP contribution in [-0.2, 0) is 4.79 Å². The summed E-state index contributed by atoms with van der Waals surface area (Å²) in [4.78, 5) is 13.7. The number of benzene rings is 1. The maximum atomic E-state index is 11.8. The predicted molar refractivity (Wildman–Crippen MR) is 73.0 cm³/mol. The highest BCUT2D eigenvalue weighted by Gasteiger charge is 2.06. The van der Waals surface area contributed by atoms with Gasteiger partial charge >= 0.3 is 0 Å². The predicted octanol–water partition coefficient (Wildman–Crippen LogP) is 0.785. The van der Waals surface area contributed by atoms with Gasteiger partial charge in [0.05, 0.1) is 13.7 Å². The number of likely N-dealkylation sites (N-methyl/N-ethyl adjacent to an activating group) is 2. The number of ether oxygens (including phenoxy) is 1. The first-order valence-corrected chi connectivity index (χ1v) is 5.92. The van der Waals surface area contributed by atoms with E-state index in [-0.39, 0.29) is 5.91 Å². The second-order valence-electron chi connectivity index (χ2n) is 4.12. The maximum absolute atomic E-state index is 11.8. The third-order valence-electron chi connectivity index (χ3n) is 2.51. The summed E-state index contributed by atoms with van der Waals surface area (Å²) in [5, 5.41) is 5.89. The number of amides is 1. The Bertz CT molecular complexity index is 382. The summed E-state index contributed by atoms with van der Waals surface area (Å²) in [6.45, 7) is 2.07. The van der Waals surface area contributed by atoms with E-state index in [9.17, 15) is 4.79 Å². The van der Waals surface area contributed by atoms with Crippen LogP contribution in [0.5, 0.6) is 5.75 Å². The third kappa shape index (κ3) is 5.16. The molecule has 0 aliphatic rings. The molecule has 0 spiro atoms. The second kappa shape index (κ2) is 7.68. The van der Waals surface area contributed by atoms with Gasteiger partial charge in [0.2, 0.25) is 5.91 Å². The van der Waals surface area contributed by atoms with Gasteiger partial charge in [-0.3, -0.25) is 9.69 Å². The van der Waals surface area contributed by atoms with Crippen LogP contribution in [0.4, 0.5) is 5.69 Å². The first-order valence-electron chi connectivity index (χ1n) is 5.92. The molecule has 0 atom stereocenters. The van der Waals surface area contributed by atoms with Crippen LogP contribution >= 0.6 is 0 Å². The maximum Gasteiger partial charge on any atom is 0.238 e. The van der Waals surface area contributed by atoms with Gasteiger partial charge in [0.15, 0.2) is 0 Å². The van der Waals surface area contributed by atoms with Gasteiger partial charge in [-0.15, -0.1) is 0 Å². The Morgan fingerprint density at radius 2 is 2.22 bits per heavy atom. The standard InChI is InChI=1S/C13H21N3O2/c1-14-7-8-16(2)10-13(17)15-11-5-4-6-12(9-11)18-3/h4-6,9,14H,7-8,10H2,1-3H3,(H,15,17). The van der Waals surface area contributed by atoms with Crippen LogP contribution in [0.3, 0.4) is 0 Å². The molecule has 5 heteroatoms. The van der Waals surface area contributed by atoms with Crippen molar-refractivity contribution in [1.82, 2.24) is 10.2 Å². The van der Waals surface area contributed by atoms with Crippen LogP contribution in [0, 0.1) is 0 Å². The minimum Gasteiger partial charge on any atom is -0.497 e. The van der Waals surface area contributed by atoms with E-state index in [0.29, 0.717) is 6.54 Å². The van der Waals surface area contributed by atoms with E-state index in [2.05, 4.69) is 10.6 Å². The number of carbonyl (C=O) groups is 1.